The number of amides is 1. The molecule has 0 atom stereocenters. The van der Waals surface area contributed by atoms with Crippen molar-refractivity contribution in [2.24, 2.45) is 0 Å². The number of nitrogens with zero attached hydrogens (tertiary/aromatic N) is 4. The molecular formula is C17H25N5OS. The molecule has 7 heteroatoms. The van der Waals surface area contributed by atoms with Gasteiger partial charge in [-0.3, -0.25) is 9.69 Å². The monoisotopic (exact) mass is 347 g/mol. The normalized spacial score (nSPS) is 15.2. The molecule has 0 bridgehead atoms. The van der Waals surface area contributed by atoms with Crippen LogP contribution < -0.4 is 5.32 Å². The topological polar surface area (TPSA) is 61.4 Å². The van der Waals surface area contributed by atoms with E-state index in [1.165, 1.54) is 23.3 Å². The summed E-state index contributed by atoms with van der Waals surface area (Å²) in [5, 5.41) is 4.28. The van der Waals surface area contributed by atoms with Crippen LogP contribution in [0.2, 0.25) is 0 Å². The molecule has 3 heterocycles. The van der Waals surface area contributed by atoms with Crippen LogP contribution in [0.1, 0.15) is 29.1 Å². The molecule has 1 aliphatic rings. The largest absolute Gasteiger partial charge is 0.360 e. The van der Waals surface area contributed by atoms with Crippen LogP contribution in [0.25, 0.3) is 10.2 Å². The van der Waals surface area contributed by atoms with Crippen molar-refractivity contribution in [3.8, 4) is 0 Å². The van der Waals surface area contributed by atoms with Crippen LogP contribution in [0.4, 0.5) is 5.82 Å². The van der Waals surface area contributed by atoms with E-state index in [0.717, 1.165) is 41.5 Å². The molecule has 1 amide bonds. The number of aromatic nitrogens is 2. The molecule has 0 unspecified atom stereocenters. The van der Waals surface area contributed by atoms with E-state index in [0.29, 0.717) is 0 Å². The van der Waals surface area contributed by atoms with Gasteiger partial charge >= 0.3 is 0 Å². The van der Waals surface area contributed by atoms with Crippen LogP contribution in [0, 0.1) is 13.8 Å². The molecule has 24 heavy (non-hydrogen) atoms. The van der Waals surface area contributed by atoms with E-state index in [2.05, 4.69) is 24.1 Å². The van der Waals surface area contributed by atoms with Gasteiger partial charge in [0.15, 0.2) is 0 Å². The minimum absolute atomic E-state index is 0.0347. The van der Waals surface area contributed by atoms with Gasteiger partial charge in [0.1, 0.15) is 16.5 Å². The average molecular weight is 347 g/mol. The molecule has 2 aromatic rings. The Kier molecular flexibility index (Phi) is 5.01. The lowest BCUT2D eigenvalue weighted by atomic mass is 10.2. The smallest absolute Gasteiger partial charge is 0.241 e. The Hall–Kier alpha value is -1.73. The van der Waals surface area contributed by atoms with Gasteiger partial charge in [0.05, 0.1) is 18.5 Å². The number of carbonyl (C=O) groups excluding carboxylic acids is 1. The molecule has 1 saturated heterocycles. The number of nitrogens with one attached hydrogen (secondary N) is 1. The first-order valence-corrected chi connectivity index (χ1v) is 9.20. The van der Waals surface area contributed by atoms with Gasteiger partial charge in [-0.15, -0.1) is 11.3 Å². The minimum Gasteiger partial charge on any atom is -0.360 e. The van der Waals surface area contributed by atoms with Gasteiger partial charge < -0.3 is 10.2 Å². The first-order chi connectivity index (χ1) is 11.5. The minimum atomic E-state index is 0.0347. The second kappa shape index (κ2) is 7.03. The summed E-state index contributed by atoms with van der Waals surface area (Å²) in [6, 6.07) is 0. The average Bonchev–Trinajstić information content (AvgIpc) is 3.13. The number of rotatable bonds is 5. The van der Waals surface area contributed by atoms with E-state index in [9.17, 15) is 4.79 Å². The molecule has 1 N–H and O–H groups in total. The van der Waals surface area contributed by atoms with E-state index in [1.807, 2.05) is 0 Å². The number of thiophene rings is 1. The van der Waals surface area contributed by atoms with Crippen LogP contribution in [-0.4, -0.2) is 59.4 Å². The standard InChI is InChI=1S/C17H25N5OS/c1-11-12(2)24-17-15(11)16(18-9-14(23)21(3)4)19-13(20-17)10-22-7-5-6-8-22/h5-10H2,1-4H3,(H,18,19,20). The zero-order chi connectivity index (χ0) is 17.3. The van der Waals surface area contributed by atoms with Gasteiger partial charge in [-0.1, -0.05) is 0 Å². The molecular weight excluding hydrogens is 322 g/mol. The van der Waals surface area contributed by atoms with Crippen molar-refractivity contribution in [1.29, 1.82) is 0 Å². The lowest BCUT2D eigenvalue weighted by Gasteiger charge is -2.15. The Labute approximate surface area is 146 Å². The predicted octanol–water partition coefficient (Wildman–Crippen LogP) is 2.40. The Morgan fingerprint density at radius 3 is 2.62 bits per heavy atom. The molecule has 0 aliphatic carbocycles. The zero-order valence-electron chi connectivity index (χ0n) is 14.8. The molecule has 0 spiro atoms. The van der Waals surface area contributed by atoms with Gasteiger partial charge in [0.2, 0.25) is 5.91 Å². The summed E-state index contributed by atoms with van der Waals surface area (Å²) in [5.74, 6) is 1.66. The van der Waals surface area contributed by atoms with Crippen molar-refractivity contribution in [1.82, 2.24) is 19.8 Å². The van der Waals surface area contributed by atoms with Crippen molar-refractivity contribution >= 4 is 33.3 Å². The van der Waals surface area contributed by atoms with Crippen molar-refractivity contribution < 1.29 is 4.79 Å². The molecule has 2 aromatic heterocycles. The van der Waals surface area contributed by atoms with E-state index < -0.39 is 0 Å². The van der Waals surface area contributed by atoms with Crippen LogP contribution in [-0.2, 0) is 11.3 Å². The Balaban J connectivity index is 1.91. The number of likely N-dealkylation sites (tertiary alicyclic amines) is 1. The van der Waals surface area contributed by atoms with E-state index >= 15 is 0 Å². The summed E-state index contributed by atoms with van der Waals surface area (Å²) in [4.78, 5) is 27.7. The summed E-state index contributed by atoms with van der Waals surface area (Å²) in [7, 11) is 3.52. The molecule has 130 valence electrons. The van der Waals surface area contributed by atoms with Gasteiger partial charge in [0, 0.05) is 19.0 Å². The highest BCUT2D eigenvalue weighted by Gasteiger charge is 2.18. The lowest BCUT2D eigenvalue weighted by Crippen LogP contribution is -2.29. The second-order valence-corrected chi connectivity index (χ2v) is 7.78. The Morgan fingerprint density at radius 2 is 1.96 bits per heavy atom. The lowest BCUT2D eigenvalue weighted by molar-refractivity contribution is -0.126. The van der Waals surface area contributed by atoms with Crippen LogP contribution >= 0.6 is 11.3 Å². The molecule has 0 aromatic carbocycles. The van der Waals surface area contributed by atoms with E-state index in [4.69, 9.17) is 9.97 Å². The highest BCUT2D eigenvalue weighted by molar-refractivity contribution is 7.18. The maximum atomic E-state index is 11.9. The first-order valence-electron chi connectivity index (χ1n) is 8.38. The summed E-state index contributed by atoms with van der Waals surface area (Å²) in [6.07, 6.45) is 2.50. The molecule has 6 nitrogen and oxygen atoms in total. The zero-order valence-corrected chi connectivity index (χ0v) is 15.7. The number of likely N-dealkylation sites (N-methyl/N-ethyl adjacent to an activating group) is 1. The number of aryl methyl sites for hydroxylation is 2. The van der Waals surface area contributed by atoms with Gasteiger partial charge in [-0.2, -0.15) is 0 Å². The quantitative estimate of drug-likeness (QED) is 0.900. The second-order valence-electron chi connectivity index (χ2n) is 6.58. The maximum Gasteiger partial charge on any atom is 0.241 e. The summed E-state index contributed by atoms with van der Waals surface area (Å²) in [6.45, 7) is 7.46. The molecule has 0 saturated carbocycles. The molecule has 3 rings (SSSR count). The Morgan fingerprint density at radius 1 is 1.25 bits per heavy atom. The Bertz CT molecular complexity index is 749. The maximum absolute atomic E-state index is 11.9. The van der Waals surface area contributed by atoms with Crippen molar-refractivity contribution in [2.75, 3.05) is 39.0 Å². The van der Waals surface area contributed by atoms with Crippen LogP contribution in [0.15, 0.2) is 0 Å². The van der Waals surface area contributed by atoms with Crippen molar-refractivity contribution in [3.05, 3.63) is 16.3 Å². The van der Waals surface area contributed by atoms with Crippen LogP contribution in [0.3, 0.4) is 0 Å². The fourth-order valence-electron chi connectivity index (χ4n) is 2.95. The fraction of sp³-hybridized carbons (Fsp3) is 0.588. The van der Waals surface area contributed by atoms with Gasteiger partial charge in [-0.05, 0) is 45.3 Å². The third kappa shape index (κ3) is 3.52. The number of fused-ring (bicyclic) bond motifs is 1. The van der Waals surface area contributed by atoms with Crippen molar-refractivity contribution in [3.63, 3.8) is 0 Å². The van der Waals surface area contributed by atoms with Crippen LogP contribution in [0.5, 0.6) is 0 Å². The third-order valence-corrected chi connectivity index (χ3v) is 5.65. The van der Waals surface area contributed by atoms with Gasteiger partial charge in [0.25, 0.3) is 0 Å². The SMILES string of the molecule is Cc1sc2nc(CN3CCCC3)nc(NCC(=O)N(C)C)c2c1C. The van der Waals surface area contributed by atoms with Crippen molar-refractivity contribution in [2.45, 2.75) is 33.2 Å². The number of anilines is 1. The molecule has 1 fully saturated rings. The summed E-state index contributed by atoms with van der Waals surface area (Å²) < 4.78 is 0. The summed E-state index contributed by atoms with van der Waals surface area (Å²) >= 11 is 1.70. The third-order valence-electron chi connectivity index (χ3n) is 4.54. The fourth-order valence-corrected chi connectivity index (χ4v) is 4.00. The summed E-state index contributed by atoms with van der Waals surface area (Å²) in [5.41, 5.74) is 1.20. The van der Waals surface area contributed by atoms with E-state index in [-0.39, 0.29) is 12.5 Å². The molecule has 0 radical (unpaired) electrons. The highest BCUT2D eigenvalue weighted by atomic mass is 32.1. The molecule has 1 aliphatic heterocycles. The number of hydrogen-bond acceptors (Lipinski definition) is 6. The van der Waals surface area contributed by atoms with Gasteiger partial charge in [-0.25, -0.2) is 9.97 Å². The number of hydrogen-bond donors (Lipinski definition) is 1. The highest BCUT2D eigenvalue weighted by Crippen LogP contribution is 2.33. The number of carbonyl (C=O) groups is 1. The predicted molar refractivity (Wildman–Crippen MR) is 98.6 cm³/mol. The van der Waals surface area contributed by atoms with E-state index in [1.54, 1.807) is 30.3 Å². The first kappa shape index (κ1) is 17.1.